The number of rotatable bonds is 4. The van der Waals surface area contributed by atoms with Crippen molar-refractivity contribution in [1.82, 2.24) is 10.6 Å². The smallest absolute Gasteiger partial charge is 0.151 e. The molecular weight excluding hydrogens is 200 g/mol. The molecule has 84 valence electrons. The first kappa shape index (κ1) is 11.9. The molecular formula is C9H20N2O2S. The average Bonchev–Trinajstić information content (AvgIpc) is 2.43. The lowest BCUT2D eigenvalue weighted by Crippen LogP contribution is -2.48. The molecule has 1 heterocycles. The van der Waals surface area contributed by atoms with Gasteiger partial charge in [-0.05, 0) is 27.3 Å². The molecule has 0 bridgehead atoms. The fraction of sp³-hybridized carbons (Fsp3) is 1.00. The quantitative estimate of drug-likeness (QED) is 0.686. The summed E-state index contributed by atoms with van der Waals surface area (Å²) < 4.78 is 22.4. The van der Waals surface area contributed by atoms with Crippen molar-refractivity contribution < 1.29 is 8.42 Å². The number of nitrogens with one attached hydrogen (secondary N) is 2. The summed E-state index contributed by atoms with van der Waals surface area (Å²) in [5.74, 6) is 0.636. The highest BCUT2D eigenvalue weighted by Gasteiger charge is 2.28. The van der Waals surface area contributed by atoms with E-state index >= 15 is 0 Å². The average molecular weight is 220 g/mol. The summed E-state index contributed by atoms with van der Waals surface area (Å²) in [6.07, 6.45) is 0.752. The van der Waals surface area contributed by atoms with Gasteiger partial charge >= 0.3 is 0 Å². The molecule has 0 saturated carbocycles. The second kappa shape index (κ2) is 4.16. The molecule has 2 N–H and O–H groups in total. The van der Waals surface area contributed by atoms with Gasteiger partial charge in [0.1, 0.15) is 0 Å². The standard InChI is InChI=1S/C9H20N2O2S/c1-9(2,10-3)7-11-8-4-5-14(12,13)6-8/h8,10-11H,4-7H2,1-3H3. The van der Waals surface area contributed by atoms with Gasteiger partial charge in [-0.2, -0.15) is 0 Å². The maximum absolute atomic E-state index is 11.2. The molecule has 0 aromatic rings. The summed E-state index contributed by atoms with van der Waals surface area (Å²) >= 11 is 0. The highest BCUT2D eigenvalue weighted by Crippen LogP contribution is 2.11. The molecule has 1 fully saturated rings. The number of hydrogen-bond acceptors (Lipinski definition) is 4. The molecule has 0 spiro atoms. The van der Waals surface area contributed by atoms with E-state index in [1.807, 2.05) is 7.05 Å². The van der Waals surface area contributed by atoms with E-state index in [9.17, 15) is 8.42 Å². The monoisotopic (exact) mass is 220 g/mol. The molecule has 5 heteroatoms. The van der Waals surface area contributed by atoms with Crippen molar-refractivity contribution in [3.8, 4) is 0 Å². The third-order valence-electron chi connectivity index (χ3n) is 2.74. The Bertz CT molecular complexity index is 285. The minimum Gasteiger partial charge on any atom is -0.314 e. The van der Waals surface area contributed by atoms with Crippen LogP contribution in [-0.2, 0) is 9.84 Å². The molecule has 1 aliphatic rings. The second-order valence-corrected chi connectivity index (χ2v) is 6.84. The van der Waals surface area contributed by atoms with Crippen molar-refractivity contribution in [2.24, 2.45) is 0 Å². The maximum atomic E-state index is 11.2. The van der Waals surface area contributed by atoms with Gasteiger partial charge in [0.2, 0.25) is 0 Å². The van der Waals surface area contributed by atoms with Gasteiger partial charge in [-0.25, -0.2) is 8.42 Å². The van der Waals surface area contributed by atoms with Crippen LogP contribution < -0.4 is 10.6 Å². The van der Waals surface area contributed by atoms with Crippen LogP contribution in [0.15, 0.2) is 0 Å². The summed E-state index contributed by atoms with van der Waals surface area (Å²) in [5, 5.41) is 6.46. The Kier molecular flexibility index (Phi) is 3.55. The zero-order chi connectivity index (χ0) is 10.8. The Balaban J connectivity index is 2.34. The summed E-state index contributed by atoms with van der Waals surface area (Å²) in [4.78, 5) is 0. The zero-order valence-electron chi connectivity index (χ0n) is 9.13. The third kappa shape index (κ3) is 3.55. The normalized spacial score (nSPS) is 26.6. The fourth-order valence-corrected chi connectivity index (χ4v) is 3.15. The first-order valence-electron chi connectivity index (χ1n) is 4.97. The molecule has 1 saturated heterocycles. The van der Waals surface area contributed by atoms with Gasteiger partial charge in [0.05, 0.1) is 11.5 Å². The Morgan fingerprint density at radius 3 is 2.50 bits per heavy atom. The van der Waals surface area contributed by atoms with Crippen molar-refractivity contribution in [3.63, 3.8) is 0 Å². The second-order valence-electron chi connectivity index (χ2n) is 4.61. The molecule has 0 aliphatic carbocycles. The lowest BCUT2D eigenvalue weighted by molar-refractivity contribution is 0.373. The predicted octanol–water partition coefficient (Wildman–Crippen LogP) is -0.239. The summed E-state index contributed by atoms with van der Waals surface area (Å²) in [6.45, 7) is 4.97. The van der Waals surface area contributed by atoms with Crippen molar-refractivity contribution >= 4 is 9.84 Å². The Hall–Kier alpha value is -0.130. The minimum atomic E-state index is -2.75. The van der Waals surface area contributed by atoms with Gasteiger partial charge in [-0.1, -0.05) is 0 Å². The molecule has 4 nitrogen and oxygen atoms in total. The predicted molar refractivity (Wildman–Crippen MR) is 58.2 cm³/mol. The molecule has 1 unspecified atom stereocenters. The van der Waals surface area contributed by atoms with Crippen molar-refractivity contribution in [2.75, 3.05) is 25.1 Å². The van der Waals surface area contributed by atoms with Crippen LogP contribution >= 0.6 is 0 Å². The van der Waals surface area contributed by atoms with Gasteiger partial charge in [-0.15, -0.1) is 0 Å². The molecule has 0 amide bonds. The molecule has 0 aromatic heterocycles. The van der Waals surface area contributed by atoms with Crippen LogP contribution in [0.25, 0.3) is 0 Å². The van der Waals surface area contributed by atoms with E-state index in [1.165, 1.54) is 0 Å². The molecule has 1 rings (SSSR count). The van der Waals surface area contributed by atoms with E-state index < -0.39 is 9.84 Å². The first-order valence-corrected chi connectivity index (χ1v) is 6.79. The molecule has 1 atom stereocenters. The van der Waals surface area contributed by atoms with E-state index in [0.717, 1.165) is 13.0 Å². The van der Waals surface area contributed by atoms with Crippen molar-refractivity contribution in [1.29, 1.82) is 0 Å². The van der Waals surface area contributed by atoms with E-state index in [0.29, 0.717) is 11.5 Å². The van der Waals surface area contributed by atoms with Gasteiger partial charge < -0.3 is 10.6 Å². The largest absolute Gasteiger partial charge is 0.314 e. The zero-order valence-corrected chi connectivity index (χ0v) is 9.95. The van der Waals surface area contributed by atoms with Crippen molar-refractivity contribution in [2.45, 2.75) is 31.8 Å². The van der Waals surface area contributed by atoms with Crippen LogP contribution in [0.5, 0.6) is 0 Å². The summed E-state index contributed by atoms with van der Waals surface area (Å²) in [5.41, 5.74) is 0.0202. The maximum Gasteiger partial charge on any atom is 0.151 e. The topological polar surface area (TPSA) is 58.2 Å². The van der Waals surface area contributed by atoms with Crippen LogP contribution in [0.4, 0.5) is 0 Å². The van der Waals surface area contributed by atoms with Gasteiger partial charge in [0.25, 0.3) is 0 Å². The minimum absolute atomic E-state index is 0.0202. The highest BCUT2D eigenvalue weighted by molar-refractivity contribution is 7.91. The molecule has 1 aliphatic heterocycles. The Labute approximate surface area is 86.4 Å². The van der Waals surface area contributed by atoms with E-state index in [-0.39, 0.29) is 11.6 Å². The van der Waals surface area contributed by atoms with E-state index in [1.54, 1.807) is 0 Å². The number of likely N-dealkylation sites (N-methyl/N-ethyl adjacent to an activating group) is 1. The van der Waals surface area contributed by atoms with Crippen LogP contribution in [0.1, 0.15) is 20.3 Å². The third-order valence-corrected chi connectivity index (χ3v) is 4.51. The highest BCUT2D eigenvalue weighted by atomic mass is 32.2. The van der Waals surface area contributed by atoms with E-state index in [4.69, 9.17) is 0 Å². The van der Waals surface area contributed by atoms with E-state index in [2.05, 4.69) is 24.5 Å². The van der Waals surface area contributed by atoms with Gasteiger partial charge in [0.15, 0.2) is 9.84 Å². The number of sulfone groups is 1. The summed E-state index contributed by atoms with van der Waals surface area (Å²) in [6, 6.07) is 0.146. The van der Waals surface area contributed by atoms with Crippen molar-refractivity contribution in [3.05, 3.63) is 0 Å². The first-order chi connectivity index (χ1) is 6.35. The summed E-state index contributed by atoms with van der Waals surface area (Å²) in [7, 11) is -0.843. The fourth-order valence-electron chi connectivity index (χ4n) is 1.44. The van der Waals surface area contributed by atoms with Gasteiger partial charge in [-0.3, -0.25) is 0 Å². The SMILES string of the molecule is CNC(C)(C)CNC1CCS(=O)(=O)C1. The Morgan fingerprint density at radius 2 is 2.07 bits per heavy atom. The lowest BCUT2D eigenvalue weighted by Gasteiger charge is -2.26. The van der Waals surface area contributed by atoms with Crippen LogP contribution in [0, 0.1) is 0 Å². The van der Waals surface area contributed by atoms with Crippen LogP contribution in [-0.4, -0.2) is 45.1 Å². The van der Waals surface area contributed by atoms with Crippen LogP contribution in [0.3, 0.4) is 0 Å². The van der Waals surface area contributed by atoms with Crippen LogP contribution in [0.2, 0.25) is 0 Å². The Morgan fingerprint density at radius 1 is 1.43 bits per heavy atom. The lowest BCUT2D eigenvalue weighted by atomic mass is 10.1. The molecule has 0 radical (unpaired) electrons. The van der Waals surface area contributed by atoms with Gasteiger partial charge in [0, 0.05) is 18.1 Å². The molecule has 14 heavy (non-hydrogen) atoms. The molecule has 0 aromatic carbocycles. The number of hydrogen-bond donors (Lipinski definition) is 2.